The summed E-state index contributed by atoms with van der Waals surface area (Å²) in [4.78, 5) is 15.3. The number of hydrogen-bond donors (Lipinski definition) is 2. The van der Waals surface area contributed by atoms with E-state index in [0.29, 0.717) is 11.8 Å². The molecule has 82 valence electrons. The van der Waals surface area contributed by atoms with Crippen molar-refractivity contribution in [2.24, 2.45) is 0 Å². The lowest BCUT2D eigenvalue weighted by Crippen LogP contribution is -2.29. The summed E-state index contributed by atoms with van der Waals surface area (Å²) in [6.45, 7) is 2.61. The average molecular weight is 226 g/mol. The first-order chi connectivity index (χ1) is 7.15. The van der Waals surface area contributed by atoms with E-state index in [4.69, 9.17) is 0 Å². The highest BCUT2D eigenvalue weighted by molar-refractivity contribution is 7.99. The molecule has 1 atom stereocenters. The van der Waals surface area contributed by atoms with Crippen LogP contribution in [0.5, 0.6) is 5.75 Å². The second-order valence-electron chi connectivity index (χ2n) is 3.15. The molecule has 4 nitrogen and oxygen atoms in total. The Hall–Kier alpha value is -1.23. The number of nitrogens with one attached hydrogen (secondary N) is 1. The summed E-state index contributed by atoms with van der Waals surface area (Å²) in [5, 5.41) is 12.5. The minimum Gasteiger partial charge on any atom is -0.505 e. The molecule has 1 rings (SSSR count). The summed E-state index contributed by atoms with van der Waals surface area (Å²) < 4.78 is 0. The van der Waals surface area contributed by atoms with E-state index >= 15 is 0 Å². The number of thioether (sulfide) groups is 1. The van der Waals surface area contributed by atoms with E-state index in [2.05, 4.69) is 10.3 Å². The van der Waals surface area contributed by atoms with Crippen molar-refractivity contribution in [1.29, 1.82) is 0 Å². The number of hydrogen-bond acceptors (Lipinski definition) is 4. The molecule has 0 aliphatic carbocycles. The summed E-state index contributed by atoms with van der Waals surface area (Å²) in [6, 6.07) is 1.49. The second kappa shape index (κ2) is 5.60. The van der Waals surface area contributed by atoms with Crippen molar-refractivity contribution in [3.05, 3.63) is 24.0 Å². The molecule has 1 amide bonds. The Morgan fingerprint density at radius 1 is 1.73 bits per heavy atom. The van der Waals surface area contributed by atoms with Crippen molar-refractivity contribution >= 4 is 17.7 Å². The summed E-state index contributed by atoms with van der Waals surface area (Å²) in [7, 11) is 0. The smallest absolute Gasteiger partial charge is 0.255 e. The molecule has 0 saturated carbocycles. The quantitative estimate of drug-likeness (QED) is 0.811. The van der Waals surface area contributed by atoms with E-state index in [1.807, 2.05) is 13.2 Å². The zero-order valence-electron chi connectivity index (χ0n) is 8.73. The van der Waals surface area contributed by atoms with Gasteiger partial charge in [-0.2, -0.15) is 11.8 Å². The molecule has 0 fully saturated rings. The first kappa shape index (κ1) is 11.8. The number of aromatic hydroxyl groups is 1. The minimum absolute atomic E-state index is 0.0909. The van der Waals surface area contributed by atoms with Gasteiger partial charge in [0.25, 0.3) is 5.91 Å². The van der Waals surface area contributed by atoms with Crippen LogP contribution >= 0.6 is 11.8 Å². The highest BCUT2D eigenvalue weighted by atomic mass is 32.2. The molecular weight excluding hydrogens is 212 g/mol. The predicted molar refractivity (Wildman–Crippen MR) is 61.2 cm³/mol. The van der Waals surface area contributed by atoms with E-state index in [0.717, 1.165) is 0 Å². The summed E-state index contributed by atoms with van der Waals surface area (Å²) in [5.74, 6) is -0.359. The van der Waals surface area contributed by atoms with Gasteiger partial charge in [0, 0.05) is 18.0 Å². The monoisotopic (exact) mass is 226 g/mol. The van der Waals surface area contributed by atoms with E-state index in [1.54, 1.807) is 11.8 Å². The molecule has 0 aliphatic rings. The maximum Gasteiger partial charge on any atom is 0.255 e. The molecule has 1 heterocycles. The average Bonchev–Trinajstić information content (AvgIpc) is 2.26. The van der Waals surface area contributed by atoms with Crippen LogP contribution in [0.25, 0.3) is 0 Å². The zero-order chi connectivity index (χ0) is 11.3. The van der Waals surface area contributed by atoms with Crippen LogP contribution in [0, 0.1) is 0 Å². The lowest BCUT2D eigenvalue weighted by atomic mass is 10.2. The summed E-state index contributed by atoms with van der Waals surface area (Å²) >= 11 is 1.68. The fourth-order valence-electron chi connectivity index (χ4n) is 0.993. The number of nitrogens with zero attached hydrogens (tertiary/aromatic N) is 1. The maximum absolute atomic E-state index is 11.6. The minimum atomic E-state index is -0.268. The predicted octanol–water partition coefficient (Wildman–Crippen LogP) is 1.27. The Kier molecular flexibility index (Phi) is 4.42. The Bertz CT molecular complexity index is 344. The highest BCUT2D eigenvalue weighted by Gasteiger charge is 2.10. The first-order valence-corrected chi connectivity index (χ1v) is 5.88. The highest BCUT2D eigenvalue weighted by Crippen LogP contribution is 2.13. The lowest BCUT2D eigenvalue weighted by molar-refractivity contribution is 0.0951. The van der Waals surface area contributed by atoms with E-state index in [-0.39, 0.29) is 17.2 Å². The molecular formula is C10H14N2O2S. The fraction of sp³-hybridized carbons (Fsp3) is 0.400. The number of pyridine rings is 1. The number of carbonyl (C=O) groups is 1. The molecule has 1 aromatic heterocycles. The molecule has 0 aliphatic heterocycles. The molecule has 5 heteroatoms. The van der Waals surface area contributed by atoms with Gasteiger partial charge in [-0.1, -0.05) is 6.92 Å². The normalized spacial score (nSPS) is 12.1. The van der Waals surface area contributed by atoms with E-state index < -0.39 is 0 Å². The Balaban J connectivity index is 2.58. The zero-order valence-corrected chi connectivity index (χ0v) is 9.54. The molecule has 0 aromatic carbocycles. The van der Waals surface area contributed by atoms with Crippen molar-refractivity contribution in [3.63, 3.8) is 0 Å². The third kappa shape index (κ3) is 3.43. The fourth-order valence-corrected chi connectivity index (χ4v) is 1.24. The molecule has 2 N–H and O–H groups in total. The van der Waals surface area contributed by atoms with Gasteiger partial charge in [-0.15, -0.1) is 0 Å². The van der Waals surface area contributed by atoms with Gasteiger partial charge in [-0.05, 0) is 12.3 Å². The van der Waals surface area contributed by atoms with Gasteiger partial charge in [-0.25, -0.2) is 0 Å². The molecule has 1 unspecified atom stereocenters. The van der Waals surface area contributed by atoms with Crippen LogP contribution in [0.1, 0.15) is 17.3 Å². The van der Waals surface area contributed by atoms with Gasteiger partial charge >= 0.3 is 0 Å². The maximum atomic E-state index is 11.6. The molecule has 1 aromatic rings. The number of carbonyl (C=O) groups excluding carboxylic acids is 1. The number of rotatable bonds is 4. The third-order valence-corrected chi connectivity index (χ3v) is 2.97. The van der Waals surface area contributed by atoms with Crippen LogP contribution in [0.2, 0.25) is 0 Å². The molecule has 0 radical (unpaired) electrons. The Labute approximate surface area is 93.1 Å². The topological polar surface area (TPSA) is 62.2 Å². The van der Waals surface area contributed by atoms with Gasteiger partial charge in [0.15, 0.2) is 0 Å². The first-order valence-electron chi connectivity index (χ1n) is 4.59. The van der Waals surface area contributed by atoms with Crippen LogP contribution in [-0.2, 0) is 0 Å². The van der Waals surface area contributed by atoms with Crippen LogP contribution in [0.3, 0.4) is 0 Å². The van der Waals surface area contributed by atoms with Crippen molar-refractivity contribution in [2.45, 2.75) is 12.2 Å². The third-order valence-electron chi connectivity index (χ3n) is 2.00. The van der Waals surface area contributed by atoms with Gasteiger partial charge < -0.3 is 10.4 Å². The van der Waals surface area contributed by atoms with Crippen molar-refractivity contribution < 1.29 is 9.90 Å². The SMILES string of the molecule is CSC(C)CNC(=O)c1ccncc1O. The van der Waals surface area contributed by atoms with Crippen molar-refractivity contribution in [3.8, 4) is 5.75 Å². The van der Waals surface area contributed by atoms with Crippen molar-refractivity contribution in [1.82, 2.24) is 10.3 Å². The summed E-state index contributed by atoms with van der Waals surface area (Å²) in [5.41, 5.74) is 0.262. The molecule has 0 saturated heterocycles. The van der Waals surface area contributed by atoms with Gasteiger partial charge in [0.1, 0.15) is 5.75 Å². The standard InChI is InChI=1S/C10H14N2O2S/c1-7(15-2)5-12-10(14)8-3-4-11-6-9(8)13/h3-4,6-7,13H,5H2,1-2H3,(H,12,14). The second-order valence-corrected chi connectivity index (χ2v) is 4.43. The van der Waals surface area contributed by atoms with Crippen LogP contribution in [0.15, 0.2) is 18.5 Å². The summed E-state index contributed by atoms with van der Waals surface area (Å²) in [6.07, 6.45) is 4.72. The van der Waals surface area contributed by atoms with Gasteiger partial charge in [0.2, 0.25) is 0 Å². The molecule has 0 spiro atoms. The Morgan fingerprint density at radius 3 is 3.07 bits per heavy atom. The Morgan fingerprint density at radius 2 is 2.47 bits per heavy atom. The van der Waals surface area contributed by atoms with Crippen LogP contribution in [-0.4, -0.2) is 34.0 Å². The van der Waals surface area contributed by atoms with Crippen LogP contribution < -0.4 is 5.32 Å². The molecule has 0 bridgehead atoms. The number of amides is 1. The van der Waals surface area contributed by atoms with Gasteiger partial charge in [-0.3, -0.25) is 9.78 Å². The number of aromatic nitrogens is 1. The lowest BCUT2D eigenvalue weighted by Gasteiger charge is -2.10. The van der Waals surface area contributed by atoms with E-state index in [1.165, 1.54) is 18.5 Å². The van der Waals surface area contributed by atoms with E-state index in [9.17, 15) is 9.90 Å². The van der Waals surface area contributed by atoms with Crippen molar-refractivity contribution in [2.75, 3.05) is 12.8 Å². The molecule has 15 heavy (non-hydrogen) atoms. The largest absolute Gasteiger partial charge is 0.505 e. The van der Waals surface area contributed by atoms with Gasteiger partial charge in [0.05, 0.1) is 11.8 Å². The van der Waals surface area contributed by atoms with Crippen LogP contribution in [0.4, 0.5) is 0 Å².